The minimum Gasteiger partial charge on any atom is -0.294 e. The zero-order valence-electron chi connectivity index (χ0n) is 27.8. The lowest BCUT2D eigenvalue weighted by atomic mass is 10.0. The van der Waals surface area contributed by atoms with Crippen LogP contribution < -0.4 is 20.7 Å². The van der Waals surface area contributed by atoms with Crippen LogP contribution in [0.4, 0.5) is 0 Å². The van der Waals surface area contributed by atoms with Crippen LogP contribution in [0.15, 0.2) is 194 Å². The van der Waals surface area contributed by atoms with Crippen molar-refractivity contribution >= 4 is 82.3 Å². The zero-order chi connectivity index (χ0) is 33.8. The van der Waals surface area contributed by atoms with Gasteiger partial charge in [-0.25, -0.2) is 4.98 Å². The second-order valence-corrected chi connectivity index (χ2v) is 18.0. The average Bonchev–Trinajstić information content (AvgIpc) is 3.75. The number of nitrogens with zero attached hydrogens (tertiary/aromatic N) is 2. The molecule has 240 valence electrons. The van der Waals surface area contributed by atoms with Crippen molar-refractivity contribution in [2.45, 2.75) is 0 Å². The van der Waals surface area contributed by atoms with E-state index in [1.807, 2.05) is 0 Å². The largest absolute Gasteiger partial charge is 0.294 e. The Morgan fingerprint density at radius 3 is 1.67 bits per heavy atom. The molecule has 4 heteroatoms. The van der Waals surface area contributed by atoms with E-state index in [2.05, 4.69) is 199 Å². The Bertz CT molecular complexity index is 2760. The van der Waals surface area contributed by atoms with Gasteiger partial charge >= 0.3 is 0 Å². The molecule has 0 unspecified atom stereocenters. The van der Waals surface area contributed by atoms with Crippen LogP contribution in [0.3, 0.4) is 0 Å². The van der Waals surface area contributed by atoms with Crippen molar-refractivity contribution in [3.8, 4) is 16.9 Å². The molecule has 0 atom stereocenters. The van der Waals surface area contributed by atoms with Gasteiger partial charge in [-0.15, -0.1) is 11.3 Å². The maximum Gasteiger partial charge on any atom is 0.179 e. The van der Waals surface area contributed by atoms with E-state index < -0.39 is 8.07 Å². The predicted molar refractivity (Wildman–Crippen MR) is 221 cm³/mol. The van der Waals surface area contributed by atoms with Gasteiger partial charge in [0.25, 0.3) is 0 Å². The molecule has 0 saturated heterocycles. The Kier molecular flexibility index (Phi) is 7.05. The molecular weight excluding hydrogens is 653 g/mol. The van der Waals surface area contributed by atoms with E-state index in [-0.39, 0.29) is 0 Å². The van der Waals surface area contributed by atoms with Gasteiger partial charge in [-0.1, -0.05) is 158 Å². The molecule has 51 heavy (non-hydrogen) atoms. The quantitative estimate of drug-likeness (QED) is 0.126. The van der Waals surface area contributed by atoms with Crippen LogP contribution in [0, 0.1) is 0 Å². The molecule has 0 aliphatic carbocycles. The molecule has 0 saturated carbocycles. The molecule has 0 aliphatic heterocycles. The summed E-state index contributed by atoms with van der Waals surface area (Å²) in [4.78, 5) is 5.29. The number of pyridine rings is 1. The predicted octanol–water partition coefficient (Wildman–Crippen LogP) is 9.59. The van der Waals surface area contributed by atoms with Crippen molar-refractivity contribution in [3.05, 3.63) is 194 Å². The number of aromatic nitrogens is 2. The molecular formula is C47H32N2SSi. The summed E-state index contributed by atoms with van der Waals surface area (Å²) in [6.07, 6.45) is 0. The lowest BCUT2D eigenvalue weighted by molar-refractivity contribution is 1.10. The minimum atomic E-state index is -2.65. The molecule has 0 bridgehead atoms. The minimum absolute atomic E-state index is 0.941. The fraction of sp³-hybridized carbons (Fsp3) is 0. The smallest absolute Gasteiger partial charge is 0.179 e. The molecule has 10 rings (SSSR count). The first-order chi connectivity index (χ1) is 25.3. The van der Waals surface area contributed by atoms with Gasteiger partial charge in [0, 0.05) is 20.9 Å². The number of benzene rings is 7. The maximum absolute atomic E-state index is 5.29. The van der Waals surface area contributed by atoms with Crippen LogP contribution in [0.5, 0.6) is 0 Å². The van der Waals surface area contributed by atoms with E-state index in [0.29, 0.717) is 0 Å². The summed E-state index contributed by atoms with van der Waals surface area (Å²) in [5.41, 5.74) is 5.81. The highest BCUT2D eigenvalue weighted by molar-refractivity contribution is 7.25. The summed E-state index contributed by atoms with van der Waals surface area (Å²) in [5, 5.41) is 9.16. The number of rotatable bonds is 6. The highest BCUT2D eigenvalue weighted by Gasteiger charge is 2.41. The number of fused-ring (bicyclic) bond motifs is 6. The molecule has 2 nitrogen and oxygen atoms in total. The summed E-state index contributed by atoms with van der Waals surface area (Å²) in [5.74, 6) is 0.941. The van der Waals surface area contributed by atoms with Gasteiger partial charge in [0.1, 0.15) is 5.82 Å². The van der Waals surface area contributed by atoms with Crippen LogP contribution in [0.2, 0.25) is 0 Å². The molecule has 3 heterocycles. The van der Waals surface area contributed by atoms with Crippen molar-refractivity contribution in [2.75, 3.05) is 0 Å². The van der Waals surface area contributed by atoms with Crippen LogP contribution in [-0.2, 0) is 0 Å². The SMILES string of the molecule is c1ccc([Si](c2ccccc2)(c2ccccc2)c2cccc(-c3ccc4c(c3)c3ccccc3n4-c3ccc4sc5ccccc5c4n3)c2)cc1. The third-order valence-corrected chi connectivity index (χ3v) is 16.3. The van der Waals surface area contributed by atoms with Crippen LogP contribution in [0.1, 0.15) is 0 Å². The van der Waals surface area contributed by atoms with E-state index in [9.17, 15) is 0 Å². The third-order valence-electron chi connectivity index (χ3n) is 10.4. The molecule has 0 amide bonds. The van der Waals surface area contributed by atoms with Crippen LogP contribution >= 0.6 is 11.3 Å². The van der Waals surface area contributed by atoms with E-state index in [1.165, 1.54) is 57.4 Å². The highest BCUT2D eigenvalue weighted by Crippen LogP contribution is 2.37. The normalized spacial score (nSPS) is 11.9. The lowest BCUT2D eigenvalue weighted by Gasteiger charge is -2.34. The monoisotopic (exact) mass is 684 g/mol. The van der Waals surface area contributed by atoms with E-state index >= 15 is 0 Å². The first-order valence-electron chi connectivity index (χ1n) is 17.4. The van der Waals surface area contributed by atoms with Crippen molar-refractivity contribution in [2.24, 2.45) is 0 Å². The van der Waals surface area contributed by atoms with E-state index in [1.54, 1.807) is 11.3 Å². The van der Waals surface area contributed by atoms with Gasteiger partial charge in [0.15, 0.2) is 8.07 Å². The van der Waals surface area contributed by atoms with Crippen molar-refractivity contribution < 1.29 is 0 Å². The lowest BCUT2D eigenvalue weighted by Crippen LogP contribution is -2.74. The second kappa shape index (κ2) is 12.1. The standard InChI is InChI=1S/C47H32N2SSi/c1-4-16-35(17-5-1)51(36-18-6-2-7-19-36,37-20-8-3-9-21-37)38-22-14-15-33(31-38)34-27-28-43-41(32-34)39-23-10-12-25-42(39)49(43)46-30-29-45-47(48-46)40-24-11-13-26-44(40)50-45/h1-32H. The second-order valence-electron chi connectivity index (χ2n) is 13.1. The maximum atomic E-state index is 5.29. The zero-order valence-corrected chi connectivity index (χ0v) is 29.6. The highest BCUT2D eigenvalue weighted by atomic mass is 32.1. The van der Waals surface area contributed by atoms with Crippen LogP contribution in [0.25, 0.3) is 59.1 Å². The van der Waals surface area contributed by atoms with Gasteiger partial charge < -0.3 is 0 Å². The summed E-state index contributed by atoms with van der Waals surface area (Å²) >= 11 is 1.80. The summed E-state index contributed by atoms with van der Waals surface area (Å²) in [6, 6.07) is 71.4. The van der Waals surface area contributed by atoms with Gasteiger partial charge in [-0.05, 0) is 68.3 Å². The Morgan fingerprint density at radius 1 is 0.392 bits per heavy atom. The fourth-order valence-corrected chi connectivity index (χ4v) is 13.9. The van der Waals surface area contributed by atoms with E-state index in [0.717, 1.165) is 22.4 Å². The molecule has 7 aromatic carbocycles. The third kappa shape index (κ3) is 4.72. The Labute approximate surface area is 301 Å². The summed E-state index contributed by atoms with van der Waals surface area (Å²) in [6.45, 7) is 0. The van der Waals surface area contributed by atoms with Gasteiger partial charge in [-0.3, -0.25) is 4.57 Å². The van der Waals surface area contributed by atoms with Crippen molar-refractivity contribution in [3.63, 3.8) is 0 Å². The number of para-hydroxylation sites is 1. The molecule has 3 aromatic heterocycles. The Hall–Kier alpha value is -6.07. The molecule has 0 radical (unpaired) electrons. The number of hydrogen-bond acceptors (Lipinski definition) is 2. The van der Waals surface area contributed by atoms with Crippen LogP contribution in [-0.4, -0.2) is 17.6 Å². The summed E-state index contributed by atoms with van der Waals surface area (Å²) in [7, 11) is -2.65. The summed E-state index contributed by atoms with van der Waals surface area (Å²) < 4.78 is 4.81. The topological polar surface area (TPSA) is 17.8 Å². The van der Waals surface area contributed by atoms with Gasteiger partial charge in [0.05, 0.1) is 21.3 Å². The first kappa shape index (κ1) is 29.8. The molecule has 10 aromatic rings. The van der Waals surface area contributed by atoms with E-state index in [4.69, 9.17) is 4.98 Å². The molecule has 0 aliphatic rings. The van der Waals surface area contributed by atoms with Gasteiger partial charge in [-0.2, -0.15) is 0 Å². The molecule has 0 spiro atoms. The fourth-order valence-electron chi connectivity index (χ4n) is 8.10. The van der Waals surface area contributed by atoms with Crippen molar-refractivity contribution in [1.29, 1.82) is 0 Å². The van der Waals surface area contributed by atoms with Gasteiger partial charge in [0.2, 0.25) is 0 Å². The average molecular weight is 685 g/mol. The first-order valence-corrected chi connectivity index (χ1v) is 20.2. The molecule has 0 N–H and O–H groups in total. The number of hydrogen-bond donors (Lipinski definition) is 0. The van der Waals surface area contributed by atoms with Crippen molar-refractivity contribution in [1.82, 2.24) is 9.55 Å². The Balaban J connectivity index is 1.17. The molecule has 0 fully saturated rings. The Morgan fingerprint density at radius 2 is 0.961 bits per heavy atom. The number of thiophene rings is 1.